The van der Waals surface area contributed by atoms with Crippen molar-refractivity contribution in [2.45, 2.75) is 18.5 Å². The predicted octanol–water partition coefficient (Wildman–Crippen LogP) is 0.00200. The predicted molar refractivity (Wildman–Crippen MR) is 37.7 cm³/mol. The molecular weight excluding hydrogens is 131 g/mol. The van der Waals surface area contributed by atoms with E-state index < -0.39 is 0 Å². The van der Waals surface area contributed by atoms with Gasteiger partial charge in [0.25, 0.3) is 0 Å². The summed E-state index contributed by atoms with van der Waals surface area (Å²) in [6.45, 7) is 2.59. The molecule has 0 saturated carbocycles. The van der Waals surface area contributed by atoms with Gasteiger partial charge in [0.2, 0.25) is 0 Å². The number of piperazine rings is 1. The van der Waals surface area contributed by atoms with Crippen molar-refractivity contribution in [2.75, 3.05) is 26.3 Å². The van der Waals surface area contributed by atoms with Crippen molar-refractivity contribution in [3.8, 4) is 0 Å². The number of hydrogen-bond acceptors (Lipinski definition) is 2. The van der Waals surface area contributed by atoms with Gasteiger partial charge in [0.15, 0.2) is 0 Å². The number of nitrogens with one attached hydrogen (secondary N) is 1. The van der Waals surface area contributed by atoms with E-state index in [0.717, 1.165) is 13.1 Å². The summed E-state index contributed by atoms with van der Waals surface area (Å²) in [5.74, 6) is 0. The Hall–Kier alpha value is -0.150. The second-order valence-electron chi connectivity index (χ2n) is 3.18. The summed E-state index contributed by atoms with van der Waals surface area (Å²) in [5.41, 5.74) is 0. The first kappa shape index (κ1) is 6.55. The van der Waals surface area contributed by atoms with E-state index in [4.69, 9.17) is 0 Å². The number of rotatable bonds is 2. The monoisotopic (exact) mass is 144 g/mol. The first-order valence-electron chi connectivity index (χ1n) is 3.93. The van der Waals surface area contributed by atoms with E-state index in [0.29, 0.717) is 18.6 Å². The zero-order valence-corrected chi connectivity index (χ0v) is 6.02. The lowest BCUT2D eigenvalue weighted by atomic mass is 10.2. The smallest absolute Gasteiger partial charge is 0.102 e. The van der Waals surface area contributed by atoms with Gasteiger partial charge in [-0.25, -0.2) is 4.39 Å². The fraction of sp³-hybridized carbons (Fsp3) is 1.00. The number of halogens is 1. The van der Waals surface area contributed by atoms with Gasteiger partial charge in [0.1, 0.15) is 6.67 Å². The highest BCUT2D eigenvalue weighted by atomic mass is 19.1. The number of hydrogen-bond donors (Lipinski definition) is 1. The summed E-state index contributed by atoms with van der Waals surface area (Å²) in [6.07, 6.45) is 1.24. The molecule has 10 heavy (non-hydrogen) atoms. The van der Waals surface area contributed by atoms with Crippen molar-refractivity contribution < 1.29 is 4.39 Å². The van der Waals surface area contributed by atoms with Gasteiger partial charge in [-0.3, -0.25) is 4.90 Å². The molecule has 3 heteroatoms. The Morgan fingerprint density at radius 3 is 3.00 bits per heavy atom. The van der Waals surface area contributed by atoms with E-state index >= 15 is 0 Å². The fourth-order valence-corrected chi connectivity index (χ4v) is 2.03. The third-order valence-electron chi connectivity index (χ3n) is 2.54. The van der Waals surface area contributed by atoms with Crippen LogP contribution >= 0.6 is 0 Å². The van der Waals surface area contributed by atoms with Gasteiger partial charge < -0.3 is 5.32 Å². The van der Waals surface area contributed by atoms with E-state index in [2.05, 4.69) is 10.2 Å². The second kappa shape index (κ2) is 2.47. The van der Waals surface area contributed by atoms with Crippen LogP contribution in [0.3, 0.4) is 0 Å². The van der Waals surface area contributed by atoms with Crippen molar-refractivity contribution in [1.82, 2.24) is 10.2 Å². The van der Waals surface area contributed by atoms with Gasteiger partial charge in [-0.2, -0.15) is 0 Å². The normalized spacial score (nSPS) is 39.3. The summed E-state index contributed by atoms with van der Waals surface area (Å²) in [5, 5.41) is 3.38. The van der Waals surface area contributed by atoms with Crippen molar-refractivity contribution in [1.29, 1.82) is 0 Å². The van der Waals surface area contributed by atoms with Crippen LogP contribution in [0.25, 0.3) is 0 Å². The lowest BCUT2D eigenvalue weighted by Gasteiger charge is -2.25. The first-order chi connectivity index (χ1) is 4.90. The van der Waals surface area contributed by atoms with E-state index in [1.807, 2.05) is 0 Å². The molecular formula is C7H13FN2. The molecule has 2 aliphatic rings. The Kier molecular flexibility index (Phi) is 1.62. The van der Waals surface area contributed by atoms with Crippen molar-refractivity contribution in [2.24, 2.45) is 0 Å². The van der Waals surface area contributed by atoms with Crippen LogP contribution < -0.4 is 5.32 Å². The average Bonchev–Trinajstić information content (AvgIpc) is 2.48. The van der Waals surface area contributed by atoms with E-state index in [-0.39, 0.29) is 6.67 Å². The van der Waals surface area contributed by atoms with Gasteiger partial charge in [0, 0.05) is 31.7 Å². The Morgan fingerprint density at radius 2 is 2.50 bits per heavy atom. The lowest BCUT2D eigenvalue weighted by molar-refractivity contribution is 0.208. The highest BCUT2D eigenvalue weighted by Gasteiger charge is 2.36. The molecule has 0 amide bonds. The van der Waals surface area contributed by atoms with Crippen LogP contribution in [0.2, 0.25) is 0 Å². The van der Waals surface area contributed by atoms with Crippen LogP contribution in [0, 0.1) is 0 Å². The van der Waals surface area contributed by atoms with Gasteiger partial charge in [0.05, 0.1) is 0 Å². The van der Waals surface area contributed by atoms with Gasteiger partial charge in [-0.05, 0) is 6.42 Å². The summed E-state index contributed by atoms with van der Waals surface area (Å²) >= 11 is 0. The highest BCUT2D eigenvalue weighted by Crippen LogP contribution is 2.22. The molecule has 2 atom stereocenters. The minimum Gasteiger partial charge on any atom is -0.311 e. The summed E-state index contributed by atoms with van der Waals surface area (Å²) in [7, 11) is 0. The number of likely N-dealkylation sites (tertiary alicyclic amines) is 1. The quantitative estimate of drug-likeness (QED) is 0.587. The van der Waals surface area contributed by atoms with Crippen LogP contribution in [0.4, 0.5) is 4.39 Å². The fourth-order valence-electron chi connectivity index (χ4n) is 2.03. The van der Waals surface area contributed by atoms with Crippen molar-refractivity contribution in [3.05, 3.63) is 0 Å². The summed E-state index contributed by atoms with van der Waals surface area (Å²) < 4.78 is 11.9. The molecule has 2 nitrogen and oxygen atoms in total. The van der Waals surface area contributed by atoms with Crippen molar-refractivity contribution in [3.63, 3.8) is 0 Å². The van der Waals surface area contributed by atoms with Crippen LogP contribution in [0.15, 0.2) is 0 Å². The molecule has 1 N–H and O–H groups in total. The lowest BCUT2D eigenvalue weighted by Crippen LogP contribution is -2.44. The van der Waals surface area contributed by atoms with Crippen LogP contribution in [-0.2, 0) is 0 Å². The zero-order chi connectivity index (χ0) is 6.97. The van der Waals surface area contributed by atoms with E-state index in [1.165, 1.54) is 6.42 Å². The molecule has 0 radical (unpaired) electrons. The molecule has 2 heterocycles. The second-order valence-corrected chi connectivity index (χ2v) is 3.18. The van der Waals surface area contributed by atoms with E-state index in [9.17, 15) is 4.39 Å². The maximum atomic E-state index is 11.9. The standard InChI is InChI=1S/C7H13FN2/c8-1-2-10-5-6-3-7(10)4-9-6/h6-7,9H,1-5H2/t6-,7-/m0/s1. The minimum absolute atomic E-state index is 0.191. The number of nitrogens with zero attached hydrogens (tertiary/aromatic N) is 1. The molecule has 0 aliphatic carbocycles. The van der Waals surface area contributed by atoms with E-state index in [1.54, 1.807) is 0 Å². The van der Waals surface area contributed by atoms with Crippen molar-refractivity contribution >= 4 is 0 Å². The third-order valence-corrected chi connectivity index (χ3v) is 2.54. The summed E-state index contributed by atoms with van der Waals surface area (Å²) in [6, 6.07) is 1.30. The van der Waals surface area contributed by atoms with Gasteiger partial charge in [-0.1, -0.05) is 0 Å². The van der Waals surface area contributed by atoms with Gasteiger partial charge in [-0.15, -0.1) is 0 Å². The Morgan fingerprint density at radius 1 is 1.60 bits per heavy atom. The molecule has 0 unspecified atom stereocenters. The Bertz CT molecular complexity index is 129. The molecule has 0 aromatic heterocycles. The number of alkyl halides is 1. The molecule has 0 aromatic rings. The molecule has 2 aliphatic heterocycles. The largest absolute Gasteiger partial charge is 0.311 e. The maximum absolute atomic E-state index is 11.9. The Labute approximate surface area is 60.4 Å². The molecule has 2 bridgehead atoms. The SMILES string of the molecule is FCCN1C[C@@H]2C[C@H]1CN2. The molecule has 58 valence electrons. The average molecular weight is 144 g/mol. The molecule has 2 rings (SSSR count). The van der Waals surface area contributed by atoms with Crippen LogP contribution in [0.1, 0.15) is 6.42 Å². The molecule has 2 saturated heterocycles. The van der Waals surface area contributed by atoms with Gasteiger partial charge >= 0.3 is 0 Å². The maximum Gasteiger partial charge on any atom is 0.102 e. The first-order valence-corrected chi connectivity index (χ1v) is 3.93. The highest BCUT2D eigenvalue weighted by molar-refractivity contribution is 4.96. The zero-order valence-electron chi connectivity index (χ0n) is 6.02. The Balaban J connectivity index is 1.90. The molecule has 2 fully saturated rings. The molecule has 0 aromatic carbocycles. The third kappa shape index (κ3) is 0.935. The van der Waals surface area contributed by atoms with Crippen LogP contribution in [-0.4, -0.2) is 43.3 Å². The number of fused-ring (bicyclic) bond motifs is 2. The minimum atomic E-state index is -0.191. The van der Waals surface area contributed by atoms with Crippen LogP contribution in [0.5, 0.6) is 0 Å². The topological polar surface area (TPSA) is 15.3 Å². The molecule has 0 spiro atoms. The summed E-state index contributed by atoms with van der Waals surface area (Å²) in [4.78, 5) is 2.25.